The molecule has 0 aromatic heterocycles. The van der Waals surface area contributed by atoms with Gasteiger partial charge in [0.2, 0.25) is 0 Å². The van der Waals surface area contributed by atoms with E-state index in [1.54, 1.807) is 0 Å². The highest BCUT2D eigenvalue weighted by Crippen LogP contribution is 2.23. The molecule has 1 atom stereocenters. The summed E-state index contributed by atoms with van der Waals surface area (Å²) in [4.78, 5) is 10.8. The summed E-state index contributed by atoms with van der Waals surface area (Å²) in [5.41, 5.74) is 5.01. The summed E-state index contributed by atoms with van der Waals surface area (Å²) < 4.78 is 31.8. The van der Waals surface area contributed by atoms with Crippen molar-refractivity contribution < 1.29 is 23.4 Å². The second-order valence-corrected chi connectivity index (χ2v) is 3.52. The van der Waals surface area contributed by atoms with Crippen LogP contribution in [-0.4, -0.2) is 24.7 Å². The number of benzene rings is 1. The van der Waals surface area contributed by atoms with Crippen molar-refractivity contribution in [3.8, 4) is 0 Å². The van der Waals surface area contributed by atoms with Crippen LogP contribution in [0.15, 0.2) is 12.1 Å². The van der Waals surface area contributed by atoms with E-state index in [1.807, 2.05) is 0 Å². The maximum Gasteiger partial charge on any atom is 0.312 e. The molecule has 1 rings (SSSR count). The van der Waals surface area contributed by atoms with Crippen LogP contribution >= 0.6 is 0 Å². The number of methoxy groups -OCH3 is 1. The van der Waals surface area contributed by atoms with Crippen molar-refractivity contribution in [2.45, 2.75) is 12.5 Å². The van der Waals surface area contributed by atoms with Crippen molar-refractivity contribution in [2.75, 3.05) is 13.7 Å². The van der Waals surface area contributed by atoms with Crippen LogP contribution in [0.2, 0.25) is 0 Å². The van der Waals surface area contributed by atoms with Crippen LogP contribution in [0.1, 0.15) is 17.0 Å². The average molecular weight is 245 g/mol. The quantitative estimate of drug-likeness (QED) is 0.818. The monoisotopic (exact) mass is 245 g/mol. The summed E-state index contributed by atoms with van der Waals surface area (Å²) in [7, 11) is 1.35. The van der Waals surface area contributed by atoms with Gasteiger partial charge in [0.15, 0.2) is 0 Å². The van der Waals surface area contributed by atoms with Gasteiger partial charge in [-0.2, -0.15) is 0 Å². The van der Waals surface area contributed by atoms with Crippen molar-refractivity contribution in [3.63, 3.8) is 0 Å². The number of rotatable bonds is 5. The van der Waals surface area contributed by atoms with Gasteiger partial charge in [0, 0.05) is 24.8 Å². The van der Waals surface area contributed by atoms with E-state index >= 15 is 0 Å². The first-order valence-corrected chi connectivity index (χ1v) is 4.90. The minimum Gasteiger partial charge on any atom is -0.481 e. The molecule has 94 valence electrons. The molecule has 0 aliphatic rings. The lowest BCUT2D eigenvalue weighted by Gasteiger charge is -2.13. The number of hydrogen-bond donors (Lipinski definition) is 2. The van der Waals surface area contributed by atoms with E-state index in [2.05, 4.69) is 0 Å². The zero-order valence-electron chi connectivity index (χ0n) is 9.24. The molecule has 17 heavy (non-hydrogen) atoms. The molecule has 6 heteroatoms. The summed E-state index contributed by atoms with van der Waals surface area (Å²) >= 11 is 0. The number of ether oxygens (including phenoxy) is 1. The number of carboxylic acid groups (broad SMARTS) is 1. The third kappa shape index (κ3) is 2.98. The summed E-state index contributed by atoms with van der Waals surface area (Å²) in [6.07, 6.45) is 0. The van der Waals surface area contributed by atoms with Gasteiger partial charge >= 0.3 is 5.97 Å². The van der Waals surface area contributed by atoms with Crippen molar-refractivity contribution in [1.29, 1.82) is 0 Å². The van der Waals surface area contributed by atoms with Crippen LogP contribution in [0.3, 0.4) is 0 Å². The van der Waals surface area contributed by atoms with Crippen LogP contribution in [0.5, 0.6) is 0 Å². The molecule has 4 nitrogen and oxygen atoms in total. The maximum absolute atomic E-state index is 13.6. The molecule has 0 saturated carbocycles. The van der Waals surface area contributed by atoms with Crippen molar-refractivity contribution in [2.24, 2.45) is 5.73 Å². The summed E-state index contributed by atoms with van der Waals surface area (Å²) in [6.45, 7) is -0.376. The lowest BCUT2D eigenvalue weighted by atomic mass is 9.97. The minimum atomic E-state index is -1.29. The molecular weight excluding hydrogens is 232 g/mol. The first-order valence-electron chi connectivity index (χ1n) is 4.90. The van der Waals surface area contributed by atoms with Crippen LogP contribution in [0.4, 0.5) is 8.78 Å². The van der Waals surface area contributed by atoms with E-state index in [0.717, 1.165) is 12.1 Å². The molecule has 1 unspecified atom stereocenters. The normalized spacial score (nSPS) is 12.5. The maximum atomic E-state index is 13.6. The molecule has 0 heterocycles. The van der Waals surface area contributed by atoms with Gasteiger partial charge in [0.05, 0.1) is 12.5 Å². The molecule has 0 amide bonds. The summed E-state index contributed by atoms with van der Waals surface area (Å²) in [5, 5.41) is 8.82. The smallest absolute Gasteiger partial charge is 0.312 e. The number of halogens is 2. The third-order valence-corrected chi connectivity index (χ3v) is 2.37. The highest BCUT2D eigenvalue weighted by atomic mass is 19.1. The number of hydrogen-bond acceptors (Lipinski definition) is 3. The minimum absolute atomic E-state index is 0.0370. The zero-order chi connectivity index (χ0) is 13.0. The molecule has 0 spiro atoms. The Morgan fingerprint density at radius 1 is 1.47 bits per heavy atom. The van der Waals surface area contributed by atoms with Gasteiger partial charge in [-0.3, -0.25) is 4.79 Å². The molecule has 1 aromatic carbocycles. The van der Waals surface area contributed by atoms with Crippen molar-refractivity contribution in [3.05, 3.63) is 34.9 Å². The SMILES string of the molecule is COCc1cc(F)c(C(CN)C(=O)O)cc1F. The molecular formula is C11H13F2NO3. The van der Waals surface area contributed by atoms with E-state index in [0.29, 0.717) is 0 Å². The third-order valence-electron chi connectivity index (χ3n) is 2.37. The van der Waals surface area contributed by atoms with Crippen molar-refractivity contribution in [1.82, 2.24) is 0 Å². The molecule has 0 aliphatic carbocycles. The van der Waals surface area contributed by atoms with E-state index in [4.69, 9.17) is 15.6 Å². The highest BCUT2D eigenvalue weighted by Gasteiger charge is 2.23. The first-order chi connectivity index (χ1) is 8.01. The van der Waals surface area contributed by atoms with Gasteiger partial charge < -0.3 is 15.6 Å². The Morgan fingerprint density at radius 2 is 2.12 bits per heavy atom. The van der Waals surface area contributed by atoms with Gasteiger partial charge in [-0.05, 0) is 12.1 Å². The van der Waals surface area contributed by atoms with Crippen LogP contribution in [-0.2, 0) is 16.1 Å². The van der Waals surface area contributed by atoms with Gasteiger partial charge in [-0.15, -0.1) is 0 Å². The van der Waals surface area contributed by atoms with E-state index in [-0.39, 0.29) is 24.3 Å². The Balaban J connectivity index is 3.18. The van der Waals surface area contributed by atoms with Gasteiger partial charge in [-0.25, -0.2) is 8.78 Å². The lowest BCUT2D eigenvalue weighted by molar-refractivity contribution is -0.138. The first kappa shape index (κ1) is 13.5. The van der Waals surface area contributed by atoms with E-state index in [1.165, 1.54) is 7.11 Å². The predicted molar refractivity (Wildman–Crippen MR) is 56.5 cm³/mol. The summed E-state index contributed by atoms with van der Waals surface area (Å²) in [6, 6.07) is 1.79. The Bertz CT molecular complexity index is 423. The molecule has 0 aliphatic heterocycles. The molecule has 0 fully saturated rings. The fraction of sp³-hybridized carbons (Fsp3) is 0.364. The molecule has 0 saturated heterocycles. The van der Waals surface area contributed by atoms with Gasteiger partial charge in [-0.1, -0.05) is 0 Å². The Morgan fingerprint density at radius 3 is 2.59 bits per heavy atom. The molecule has 1 aromatic rings. The Labute approximate surface area is 97.0 Å². The second-order valence-electron chi connectivity index (χ2n) is 3.52. The molecule has 0 bridgehead atoms. The molecule has 0 radical (unpaired) electrons. The average Bonchev–Trinajstić information content (AvgIpc) is 2.25. The summed E-state index contributed by atoms with van der Waals surface area (Å²) in [5.74, 6) is -4.04. The largest absolute Gasteiger partial charge is 0.481 e. The number of aliphatic carboxylic acids is 1. The zero-order valence-corrected chi connectivity index (χ0v) is 9.24. The number of carboxylic acids is 1. The van der Waals surface area contributed by atoms with E-state index in [9.17, 15) is 13.6 Å². The Kier molecular flexibility index (Phi) is 4.53. The van der Waals surface area contributed by atoms with Gasteiger partial charge in [0.1, 0.15) is 11.6 Å². The second kappa shape index (κ2) is 5.70. The predicted octanol–water partition coefficient (Wildman–Crippen LogP) is 1.24. The standard InChI is InChI=1S/C11H13F2NO3/c1-17-5-6-2-10(13)7(3-9(6)12)8(4-14)11(15)16/h2-3,8H,4-5,14H2,1H3,(H,15,16). The molecule has 3 N–H and O–H groups in total. The van der Waals surface area contributed by atoms with Crippen LogP contribution in [0, 0.1) is 11.6 Å². The van der Waals surface area contributed by atoms with Gasteiger partial charge in [0.25, 0.3) is 0 Å². The van der Waals surface area contributed by atoms with Crippen molar-refractivity contribution >= 4 is 5.97 Å². The fourth-order valence-corrected chi connectivity index (χ4v) is 1.50. The van der Waals surface area contributed by atoms with E-state index < -0.39 is 23.5 Å². The fourth-order valence-electron chi connectivity index (χ4n) is 1.50. The van der Waals surface area contributed by atoms with Crippen LogP contribution < -0.4 is 5.73 Å². The number of nitrogens with two attached hydrogens (primary N) is 1. The highest BCUT2D eigenvalue weighted by molar-refractivity contribution is 5.76. The Hall–Kier alpha value is -1.53. The number of carbonyl (C=O) groups is 1. The van der Waals surface area contributed by atoms with Crippen LogP contribution in [0.25, 0.3) is 0 Å². The lowest BCUT2D eigenvalue weighted by Crippen LogP contribution is -2.22. The topological polar surface area (TPSA) is 72.5 Å².